The van der Waals surface area contributed by atoms with Crippen LogP contribution in [0.2, 0.25) is 0 Å². The summed E-state index contributed by atoms with van der Waals surface area (Å²) in [6, 6.07) is 0. The molecule has 0 amide bonds. The van der Waals surface area contributed by atoms with Crippen LogP contribution in [0.5, 0.6) is 0 Å². The molecular formula is C10H21NS. The Bertz CT molecular complexity index is 130. The summed E-state index contributed by atoms with van der Waals surface area (Å²) in [5.74, 6) is 2.18. The van der Waals surface area contributed by atoms with E-state index in [9.17, 15) is 0 Å². The van der Waals surface area contributed by atoms with E-state index in [-0.39, 0.29) is 0 Å². The van der Waals surface area contributed by atoms with E-state index in [4.69, 9.17) is 0 Å². The molecular weight excluding hydrogens is 166 g/mol. The molecule has 1 rings (SSSR count). The number of nitrogens with one attached hydrogen (secondary N) is 1. The smallest absolute Gasteiger partial charge is 0.00227 e. The van der Waals surface area contributed by atoms with E-state index in [1.54, 1.807) is 0 Å². The van der Waals surface area contributed by atoms with Crippen LogP contribution >= 0.6 is 11.8 Å². The summed E-state index contributed by atoms with van der Waals surface area (Å²) in [4.78, 5) is 0. The van der Waals surface area contributed by atoms with Crippen molar-refractivity contribution in [1.82, 2.24) is 5.32 Å². The maximum atomic E-state index is 3.40. The summed E-state index contributed by atoms with van der Waals surface area (Å²) >= 11 is 1.97. The highest BCUT2D eigenvalue weighted by Crippen LogP contribution is 2.36. The van der Waals surface area contributed by atoms with Crippen molar-refractivity contribution in [2.75, 3.05) is 25.1 Å². The second-order valence-electron chi connectivity index (χ2n) is 4.22. The van der Waals surface area contributed by atoms with Gasteiger partial charge in [0, 0.05) is 13.1 Å². The summed E-state index contributed by atoms with van der Waals surface area (Å²) in [5, 5.41) is 3.40. The fourth-order valence-corrected chi connectivity index (χ4v) is 2.32. The Balaban J connectivity index is 2.25. The molecule has 0 saturated carbocycles. The van der Waals surface area contributed by atoms with E-state index < -0.39 is 0 Å². The van der Waals surface area contributed by atoms with Crippen molar-refractivity contribution in [2.45, 2.75) is 26.7 Å². The van der Waals surface area contributed by atoms with Gasteiger partial charge in [-0.2, -0.15) is 11.8 Å². The molecule has 1 nitrogen and oxygen atoms in total. The normalized spacial score (nSPS) is 21.0. The summed E-state index contributed by atoms with van der Waals surface area (Å²) in [6.45, 7) is 7.22. The highest BCUT2D eigenvalue weighted by molar-refractivity contribution is 7.98. The van der Waals surface area contributed by atoms with Crippen LogP contribution in [0.25, 0.3) is 0 Å². The molecule has 12 heavy (non-hydrogen) atoms. The van der Waals surface area contributed by atoms with Crippen LogP contribution in [0.15, 0.2) is 0 Å². The first-order chi connectivity index (χ1) is 5.71. The molecule has 0 radical (unpaired) electrons. The molecule has 1 heterocycles. The maximum Gasteiger partial charge on any atom is 0.00227 e. The van der Waals surface area contributed by atoms with Gasteiger partial charge in [-0.05, 0) is 36.2 Å². The van der Waals surface area contributed by atoms with Gasteiger partial charge in [-0.3, -0.25) is 0 Å². The van der Waals surface area contributed by atoms with Gasteiger partial charge >= 0.3 is 0 Å². The third kappa shape index (κ3) is 2.17. The Morgan fingerprint density at radius 3 is 2.42 bits per heavy atom. The molecule has 0 aromatic carbocycles. The Labute approximate surface area is 80.7 Å². The van der Waals surface area contributed by atoms with E-state index in [2.05, 4.69) is 25.4 Å². The molecule has 0 aromatic rings. The maximum absolute atomic E-state index is 3.40. The minimum absolute atomic E-state index is 0.649. The SMILES string of the molecule is CSCCCC1(C(C)C)CNC1. The van der Waals surface area contributed by atoms with Crippen molar-refractivity contribution < 1.29 is 0 Å². The molecule has 0 bridgehead atoms. The second kappa shape index (κ2) is 4.52. The highest BCUT2D eigenvalue weighted by atomic mass is 32.2. The summed E-state index contributed by atoms with van der Waals surface area (Å²) in [6.07, 6.45) is 5.00. The van der Waals surface area contributed by atoms with Crippen molar-refractivity contribution in [3.8, 4) is 0 Å². The molecule has 0 unspecified atom stereocenters. The van der Waals surface area contributed by atoms with E-state index in [0.29, 0.717) is 5.41 Å². The zero-order valence-electron chi connectivity index (χ0n) is 8.52. The Morgan fingerprint density at radius 1 is 1.42 bits per heavy atom. The Hall–Kier alpha value is 0.310. The molecule has 72 valence electrons. The van der Waals surface area contributed by atoms with Gasteiger partial charge in [0.05, 0.1) is 0 Å². The molecule has 1 aliphatic rings. The van der Waals surface area contributed by atoms with Crippen molar-refractivity contribution in [3.05, 3.63) is 0 Å². The molecule has 0 atom stereocenters. The van der Waals surface area contributed by atoms with Crippen LogP contribution in [0, 0.1) is 11.3 Å². The third-order valence-corrected chi connectivity index (χ3v) is 3.90. The van der Waals surface area contributed by atoms with E-state index in [1.165, 1.54) is 31.7 Å². The summed E-state index contributed by atoms with van der Waals surface area (Å²) in [7, 11) is 0. The van der Waals surface area contributed by atoms with Gasteiger partial charge in [0.15, 0.2) is 0 Å². The number of thioether (sulfide) groups is 1. The zero-order valence-corrected chi connectivity index (χ0v) is 9.34. The molecule has 2 heteroatoms. The zero-order chi connectivity index (χ0) is 9.03. The van der Waals surface area contributed by atoms with Crippen LogP contribution in [0.1, 0.15) is 26.7 Å². The lowest BCUT2D eigenvalue weighted by Crippen LogP contribution is -2.56. The first-order valence-corrected chi connectivity index (χ1v) is 6.30. The van der Waals surface area contributed by atoms with Gasteiger partial charge < -0.3 is 5.32 Å². The van der Waals surface area contributed by atoms with Gasteiger partial charge in [0.2, 0.25) is 0 Å². The molecule has 1 N–H and O–H groups in total. The predicted molar refractivity (Wildman–Crippen MR) is 57.8 cm³/mol. The molecule has 0 spiro atoms. The first-order valence-electron chi connectivity index (χ1n) is 4.91. The monoisotopic (exact) mass is 187 g/mol. The van der Waals surface area contributed by atoms with Gasteiger partial charge in [0.1, 0.15) is 0 Å². The van der Waals surface area contributed by atoms with Gasteiger partial charge in [-0.25, -0.2) is 0 Å². The van der Waals surface area contributed by atoms with Crippen LogP contribution < -0.4 is 5.32 Å². The summed E-state index contributed by atoms with van der Waals surface area (Å²) < 4.78 is 0. The van der Waals surface area contributed by atoms with Crippen LogP contribution in [0.4, 0.5) is 0 Å². The lowest BCUT2D eigenvalue weighted by molar-refractivity contribution is 0.0868. The predicted octanol–water partition coefficient (Wildman–Crippen LogP) is 2.38. The van der Waals surface area contributed by atoms with E-state index in [0.717, 1.165) is 5.92 Å². The average Bonchev–Trinajstić information content (AvgIpc) is 1.94. The highest BCUT2D eigenvalue weighted by Gasteiger charge is 2.38. The Morgan fingerprint density at radius 2 is 2.08 bits per heavy atom. The minimum Gasteiger partial charge on any atom is -0.316 e. The van der Waals surface area contributed by atoms with Crippen LogP contribution in [-0.4, -0.2) is 25.1 Å². The Kier molecular flexibility index (Phi) is 3.91. The van der Waals surface area contributed by atoms with Crippen LogP contribution in [-0.2, 0) is 0 Å². The van der Waals surface area contributed by atoms with Crippen molar-refractivity contribution in [2.24, 2.45) is 11.3 Å². The lowest BCUT2D eigenvalue weighted by atomic mass is 9.69. The number of hydrogen-bond acceptors (Lipinski definition) is 2. The lowest BCUT2D eigenvalue weighted by Gasteiger charge is -2.46. The molecule has 1 fully saturated rings. The topological polar surface area (TPSA) is 12.0 Å². The minimum atomic E-state index is 0.649. The van der Waals surface area contributed by atoms with Gasteiger partial charge in [0.25, 0.3) is 0 Å². The van der Waals surface area contributed by atoms with Crippen molar-refractivity contribution >= 4 is 11.8 Å². The number of rotatable bonds is 5. The number of hydrogen-bond donors (Lipinski definition) is 1. The first kappa shape index (κ1) is 10.4. The standard InChI is InChI=1S/C10H21NS/c1-9(2)10(7-11-8-10)5-4-6-12-3/h9,11H,4-8H2,1-3H3. The molecule has 1 aliphatic heterocycles. The van der Waals surface area contributed by atoms with Crippen molar-refractivity contribution in [1.29, 1.82) is 0 Å². The quantitative estimate of drug-likeness (QED) is 0.663. The van der Waals surface area contributed by atoms with E-state index in [1.807, 2.05) is 11.8 Å². The van der Waals surface area contributed by atoms with E-state index >= 15 is 0 Å². The van der Waals surface area contributed by atoms with Crippen molar-refractivity contribution in [3.63, 3.8) is 0 Å². The summed E-state index contributed by atoms with van der Waals surface area (Å²) in [5.41, 5.74) is 0.649. The fraction of sp³-hybridized carbons (Fsp3) is 1.00. The third-order valence-electron chi connectivity index (χ3n) is 3.20. The largest absolute Gasteiger partial charge is 0.316 e. The fourth-order valence-electron chi connectivity index (χ4n) is 1.89. The van der Waals surface area contributed by atoms with Gasteiger partial charge in [-0.1, -0.05) is 13.8 Å². The molecule has 0 aromatic heterocycles. The van der Waals surface area contributed by atoms with Crippen LogP contribution in [0.3, 0.4) is 0 Å². The average molecular weight is 187 g/mol. The molecule has 0 aliphatic carbocycles. The second-order valence-corrected chi connectivity index (χ2v) is 5.20. The van der Waals surface area contributed by atoms with Gasteiger partial charge in [-0.15, -0.1) is 0 Å². The molecule has 1 saturated heterocycles.